The van der Waals surface area contributed by atoms with Crippen molar-refractivity contribution < 1.29 is 9.84 Å². The minimum Gasteiger partial charge on any atom is -0.487 e. The van der Waals surface area contributed by atoms with Crippen molar-refractivity contribution in [1.82, 2.24) is 0 Å². The van der Waals surface area contributed by atoms with Gasteiger partial charge in [-0.25, -0.2) is 0 Å². The van der Waals surface area contributed by atoms with Crippen molar-refractivity contribution in [1.29, 1.82) is 0 Å². The Morgan fingerprint density at radius 1 is 1.22 bits per heavy atom. The lowest BCUT2D eigenvalue weighted by Crippen LogP contribution is -2.31. The average molecular weight is 249 g/mol. The Labute approximate surface area is 109 Å². The van der Waals surface area contributed by atoms with Gasteiger partial charge in [0.2, 0.25) is 0 Å². The maximum Gasteiger partial charge on any atom is 0.124 e. The average Bonchev–Trinajstić information content (AvgIpc) is 2.55. The van der Waals surface area contributed by atoms with E-state index in [1.807, 2.05) is 31.2 Å². The molecule has 2 unspecified atom stereocenters. The molecule has 2 rings (SSSR count). The van der Waals surface area contributed by atoms with Crippen molar-refractivity contribution in [3.05, 3.63) is 29.8 Å². The van der Waals surface area contributed by atoms with Crippen LogP contribution < -0.4 is 10.5 Å². The van der Waals surface area contributed by atoms with E-state index in [0.717, 1.165) is 37.0 Å². The predicted molar refractivity (Wildman–Crippen MR) is 72.6 cm³/mol. The summed E-state index contributed by atoms with van der Waals surface area (Å²) in [5, 5.41) is 10.1. The Morgan fingerprint density at radius 2 is 1.94 bits per heavy atom. The largest absolute Gasteiger partial charge is 0.487 e. The molecule has 0 spiro atoms. The number of hydrogen-bond acceptors (Lipinski definition) is 3. The summed E-state index contributed by atoms with van der Waals surface area (Å²) in [6, 6.07) is 7.79. The summed E-state index contributed by atoms with van der Waals surface area (Å²) in [5.74, 6) is 0.818. The molecule has 0 radical (unpaired) electrons. The van der Waals surface area contributed by atoms with Gasteiger partial charge in [0, 0.05) is 11.6 Å². The molecule has 0 bridgehead atoms. The highest BCUT2D eigenvalue weighted by Gasteiger charge is 2.24. The Bertz CT molecular complexity index is 379. The first-order chi connectivity index (χ1) is 8.68. The van der Waals surface area contributed by atoms with E-state index in [9.17, 15) is 5.11 Å². The highest BCUT2D eigenvalue weighted by Crippen LogP contribution is 2.28. The number of para-hydroxylation sites is 1. The van der Waals surface area contributed by atoms with E-state index in [1.54, 1.807) is 0 Å². The zero-order chi connectivity index (χ0) is 13.0. The molecule has 1 aromatic carbocycles. The molecule has 1 fully saturated rings. The molecular weight excluding hydrogens is 226 g/mol. The summed E-state index contributed by atoms with van der Waals surface area (Å²) in [5.41, 5.74) is 6.95. The van der Waals surface area contributed by atoms with Crippen LogP contribution in [0.5, 0.6) is 5.75 Å². The molecule has 3 nitrogen and oxygen atoms in total. The van der Waals surface area contributed by atoms with E-state index in [-0.39, 0.29) is 18.2 Å². The van der Waals surface area contributed by atoms with Gasteiger partial charge in [0.15, 0.2) is 0 Å². The van der Waals surface area contributed by atoms with Gasteiger partial charge >= 0.3 is 0 Å². The van der Waals surface area contributed by atoms with Crippen LogP contribution in [0.15, 0.2) is 24.3 Å². The maximum atomic E-state index is 10.1. The predicted octanol–water partition coefficient (Wildman–Crippen LogP) is 2.78. The minimum atomic E-state index is -0.353. The van der Waals surface area contributed by atoms with Crippen LogP contribution in [0.3, 0.4) is 0 Å². The highest BCUT2D eigenvalue weighted by molar-refractivity contribution is 5.35. The molecule has 1 aliphatic rings. The third-order valence-corrected chi connectivity index (χ3v) is 3.61. The van der Waals surface area contributed by atoms with Gasteiger partial charge in [0.1, 0.15) is 11.9 Å². The summed E-state index contributed by atoms with van der Waals surface area (Å²) in [7, 11) is 0. The fraction of sp³-hybridized carbons (Fsp3) is 0.600. The second-order valence-corrected chi connectivity index (χ2v) is 5.19. The first-order valence-corrected chi connectivity index (χ1v) is 6.87. The van der Waals surface area contributed by atoms with Gasteiger partial charge in [-0.1, -0.05) is 31.0 Å². The number of rotatable bonds is 3. The quantitative estimate of drug-likeness (QED) is 0.810. The summed E-state index contributed by atoms with van der Waals surface area (Å²) in [6.07, 6.45) is 4.73. The van der Waals surface area contributed by atoms with Gasteiger partial charge in [0.25, 0.3) is 0 Å². The molecule has 0 aromatic heterocycles. The van der Waals surface area contributed by atoms with Crippen molar-refractivity contribution >= 4 is 0 Å². The molecule has 1 aromatic rings. The smallest absolute Gasteiger partial charge is 0.124 e. The topological polar surface area (TPSA) is 55.5 Å². The molecule has 3 N–H and O–H groups in total. The zero-order valence-electron chi connectivity index (χ0n) is 11.0. The van der Waals surface area contributed by atoms with Gasteiger partial charge < -0.3 is 15.6 Å². The Kier molecular flexibility index (Phi) is 4.61. The van der Waals surface area contributed by atoms with Crippen LogP contribution in [0.1, 0.15) is 50.6 Å². The Balaban J connectivity index is 2.12. The summed E-state index contributed by atoms with van der Waals surface area (Å²) >= 11 is 0. The monoisotopic (exact) mass is 249 g/mol. The van der Waals surface area contributed by atoms with Crippen LogP contribution in [0, 0.1) is 0 Å². The van der Waals surface area contributed by atoms with Crippen LogP contribution in [-0.2, 0) is 0 Å². The second kappa shape index (κ2) is 6.21. The van der Waals surface area contributed by atoms with Crippen LogP contribution in [-0.4, -0.2) is 17.3 Å². The van der Waals surface area contributed by atoms with Crippen molar-refractivity contribution in [2.75, 3.05) is 0 Å². The number of aliphatic hydroxyl groups is 1. The van der Waals surface area contributed by atoms with Crippen LogP contribution >= 0.6 is 0 Å². The number of nitrogens with two attached hydrogens (primary N) is 1. The van der Waals surface area contributed by atoms with Crippen LogP contribution in [0.2, 0.25) is 0 Å². The van der Waals surface area contributed by atoms with Crippen LogP contribution in [0.4, 0.5) is 0 Å². The number of benzene rings is 1. The standard InChI is InChI=1S/C15H23NO2/c1-11(16)12-7-5-6-9-14(12)18-15-10-4-2-3-8-13(15)17/h5-7,9,11,13,15,17H,2-4,8,10,16H2,1H3/t11-,13?,15?/m0/s1. The van der Waals surface area contributed by atoms with E-state index in [4.69, 9.17) is 10.5 Å². The van der Waals surface area contributed by atoms with E-state index in [0.29, 0.717) is 0 Å². The first kappa shape index (κ1) is 13.4. The Morgan fingerprint density at radius 3 is 2.72 bits per heavy atom. The molecule has 0 heterocycles. The number of ether oxygens (including phenoxy) is 1. The molecule has 1 aliphatic carbocycles. The molecule has 0 aliphatic heterocycles. The molecule has 100 valence electrons. The molecule has 0 saturated heterocycles. The zero-order valence-corrected chi connectivity index (χ0v) is 11.0. The van der Waals surface area contributed by atoms with E-state index < -0.39 is 0 Å². The molecule has 3 atom stereocenters. The molecule has 0 amide bonds. The van der Waals surface area contributed by atoms with E-state index >= 15 is 0 Å². The van der Waals surface area contributed by atoms with Gasteiger partial charge in [-0.15, -0.1) is 0 Å². The van der Waals surface area contributed by atoms with Gasteiger partial charge in [-0.3, -0.25) is 0 Å². The maximum absolute atomic E-state index is 10.1. The Hall–Kier alpha value is -1.06. The van der Waals surface area contributed by atoms with E-state index in [2.05, 4.69) is 0 Å². The third kappa shape index (κ3) is 3.24. The van der Waals surface area contributed by atoms with Crippen molar-refractivity contribution in [2.24, 2.45) is 5.73 Å². The third-order valence-electron chi connectivity index (χ3n) is 3.61. The van der Waals surface area contributed by atoms with Gasteiger partial charge in [0.05, 0.1) is 6.10 Å². The molecule has 3 heteroatoms. The molecule has 18 heavy (non-hydrogen) atoms. The SMILES string of the molecule is C[C@H](N)c1ccccc1OC1CCCCCC1O. The lowest BCUT2D eigenvalue weighted by Gasteiger charge is -2.24. The lowest BCUT2D eigenvalue weighted by atomic mass is 10.1. The van der Waals surface area contributed by atoms with Crippen LogP contribution in [0.25, 0.3) is 0 Å². The number of hydrogen-bond donors (Lipinski definition) is 2. The highest BCUT2D eigenvalue weighted by atomic mass is 16.5. The fourth-order valence-electron chi connectivity index (χ4n) is 2.52. The second-order valence-electron chi connectivity index (χ2n) is 5.19. The molecular formula is C15H23NO2. The first-order valence-electron chi connectivity index (χ1n) is 6.87. The van der Waals surface area contributed by atoms with Crippen molar-refractivity contribution in [3.8, 4) is 5.75 Å². The van der Waals surface area contributed by atoms with E-state index in [1.165, 1.54) is 6.42 Å². The fourth-order valence-corrected chi connectivity index (χ4v) is 2.52. The summed E-state index contributed by atoms with van der Waals surface area (Å²) in [6.45, 7) is 1.95. The van der Waals surface area contributed by atoms with Gasteiger partial charge in [-0.05, 0) is 32.3 Å². The van der Waals surface area contributed by atoms with Gasteiger partial charge in [-0.2, -0.15) is 0 Å². The van der Waals surface area contributed by atoms with Crippen molar-refractivity contribution in [2.45, 2.75) is 57.3 Å². The normalized spacial score (nSPS) is 26.4. The lowest BCUT2D eigenvalue weighted by molar-refractivity contribution is 0.0313. The molecule has 1 saturated carbocycles. The summed E-state index contributed by atoms with van der Waals surface area (Å²) < 4.78 is 6.01. The number of aliphatic hydroxyl groups excluding tert-OH is 1. The summed E-state index contributed by atoms with van der Waals surface area (Å²) in [4.78, 5) is 0. The minimum absolute atomic E-state index is 0.0517. The van der Waals surface area contributed by atoms with Crippen molar-refractivity contribution in [3.63, 3.8) is 0 Å².